The van der Waals surface area contributed by atoms with Gasteiger partial charge < -0.3 is 4.74 Å². The highest BCUT2D eigenvalue weighted by atomic mass is 32.2. The van der Waals surface area contributed by atoms with Crippen LogP contribution >= 0.6 is 10.5 Å². The molecule has 0 spiro atoms. The normalized spacial score (nSPS) is 16.8. The van der Waals surface area contributed by atoms with E-state index in [-0.39, 0.29) is 22.4 Å². The largest absolute Gasteiger partial charge is 0.455 e. The number of rotatable bonds is 4. The van der Waals surface area contributed by atoms with Crippen LogP contribution < -0.4 is 0 Å². The van der Waals surface area contributed by atoms with E-state index >= 15 is 0 Å². The topological polar surface area (TPSA) is 26.3 Å². The number of esters is 1. The minimum atomic E-state index is -0.524. The Morgan fingerprint density at radius 2 is 1.59 bits per heavy atom. The maximum absolute atomic E-state index is 13.2. The summed E-state index contributed by atoms with van der Waals surface area (Å²) < 4.78 is 8.73. The van der Waals surface area contributed by atoms with Crippen LogP contribution in [0.5, 0.6) is 0 Å². The molecule has 0 N–H and O–H groups in total. The summed E-state index contributed by atoms with van der Waals surface area (Å²) in [4.78, 5) is 14.4. The molecule has 1 unspecified atom stereocenters. The molecule has 0 bridgehead atoms. The van der Waals surface area contributed by atoms with Crippen molar-refractivity contribution in [1.82, 2.24) is 0 Å². The van der Waals surface area contributed by atoms with Crippen molar-refractivity contribution in [2.45, 2.75) is 45.6 Å². The first-order valence-electron chi connectivity index (χ1n) is 11.4. The number of carbonyl (C=O) groups is 1. The van der Waals surface area contributed by atoms with Gasteiger partial charge in [0.05, 0.1) is 5.56 Å². The highest BCUT2D eigenvalue weighted by molar-refractivity contribution is 7.50. The Hall–Kier alpha value is -2.91. The lowest BCUT2D eigenvalue weighted by molar-refractivity contribution is -0.0228. The maximum Gasteiger partial charge on any atom is 0.338 e. The molecule has 3 aromatic carbocycles. The lowest BCUT2D eigenvalue weighted by Gasteiger charge is -2.34. The maximum atomic E-state index is 13.2. The van der Waals surface area contributed by atoms with E-state index in [0.29, 0.717) is 5.56 Å². The van der Waals surface area contributed by atoms with Gasteiger partial charge in [-0.05, 0) is 76.4 Å². The lowest BCUT2D eigenvalue weighted by atomic mass is 9.81. The zero-order chi connectivity index (χ0) is 22.3. The molecule has 162 valence electrons. The van der Waals surface area contributed by atoms with Crippen molar-refractivity contribution in [3.63, 3.8) is 0 Å². The number of fused-ring (bicyclic) bond motifs is 3. The molecule has 1 aromatic heterocycles. The van der Waals surface area contributed by atoms with Crippen LogP contribution in [0.4, 0.5) is 0 Å². The molecule has 1 aliphatic carbocycles. The summed E-state index contributed by atoms with van der Waals surface area (Å²) in [5.74, 6) is 0.0247. The summed E-state index contributed by atoms with van der Waals surface area (Å²) in [6.07, 6.45) is 5.66. The molecule has 0 fully saturated rings. The van der Waals surface area contributed by atoms with Crippen molar-refractivity contribution in [3.05, 3.63) is 90.0 Å². The third kappa shape index (κ3) is 3.75. The zero-order valence-electron chi connectivity index (χ0n) is 18.9. The molecule has 0 aliphatic heterocycles. The van der Waals surface area contributed by atoms with Crippen LogP contribution in [0, 0.1) is 5.92 Å². The van der Waals surface area contributed by atoms with E-state index in [1.165, 1.54) is 25.7 Å². The number of carbonyl (C=O) groups excluding carboxylic acids is 1. The summed E-state index contributed by atoms with van der Waals surface area (Å²) in [6.45, 7) is 6.26. The van der Waals surface area contributed by atoms with Crippen molar-refractivity contribution in [3.8, 4) is 4.90 Å². The molecule has 0 saturated carbocycles. The molecular formula is C29H29O2S+. The molecule has 32 heavy (non-hydrogen) atoms. The van der Waals surface area contributed by atoms with Gasteiger partial charge in [-0.25, -0.2) is 4.79 Å². The molecule has 1 atom stereocenters. The zero-order valence-corrected chi connectivity index (χ0v) is 19.7. The first-order valence-corrected chi connectivity index (χ1v) is 12.6. The van der Waals surface area contributed by atoms with Crippen LogP contribution in [0.15, 0.2) is 84.4 Å². The molecule has 1 heterocycles. The van der Waals surface area contributed by atoms with Gasteiger partial charge >= 0.3 is 5.97 Å². The number of ether oxygens (including phenoxy) is 1. The molecule has 4 aromatic rings. The Morgan fingerprint density at radius 1 is 0.938 bits per heavy atom. The second kappa shape index (κ2) is 8.22. The standard InChI is InChI=1S/C29H29O2S/c1-20-10-8-12-22(18-20)29(2,3)31-28(30)21-11-9-13-23(19-21)32-26-16-6-4-14-24(26)25-15-5-7-17-27(25)32/h4-7,9,11,13-19,22H,8,10,12H2,1-3H3/q+1. The number of hydrogen-bond donors (Lipinski definition) is 0. The van der Waals surface area contributed by atoms with Gasteiger partial charge in [0.25, 0.3) is 0 Å². The Bertz CT molecular complexity index is 1290. The van der Waals surface area contributed by atoms with E-state index in [0.717, 1.165) is 24.2 Å². The Labute approximate surface area is 192 Å². The Balaban J connectivity index is 1.52. The van der Waals surface area contributed by atoms with Crippen LogP contribution in [0.25, 0.3) is 25.1 Å². The van der Waals surface area contributed by atoms with Crippen LogP contribution in [-0.2, 0) is 4.74 Å². The molecule has 2 nitrogen and oxygen atoms in total. The van der Waals surface area contributed by atoms with Crippen molar-refractivity contribution in [2.75, 3.05) is 0 Å². The fraction of sp³-hybridized carbons (Fsp3) is 0.276. The van der Waals surface area contributed by atoms with Crippen LogP contribution in [-0.4, -0.2) is 11.6 Å². The smallest absolute Gasteiger partial charge is 0.338 e. The van der Waals surface area contributed by atoms with Gasteiger partial charge in [-0.15, -0.1) is 0 Å². The third-order valence-corrected chi connectivity index (χ3v) is 8.95. The van der Waals surface area contributed by atoms with Crippen LogP contribution in [0.3, 0.4) is 0 Å². The van der Waals surface area contributed by atoms with E-state index in [2.05, 4.69) is 67.6 Å². The van der Waals surface area contributed by atoms with E-state index in [1.807, 2.05) is 32.0 Å². The average Bonchev–Trinajstić information content (AvgIpc) is 3.13. The second-order valence-corrected chi connectivity index (χ2v) is 11.3. The highest BCUT2D eigenvalue weighted by Gasteiger charge is 2.34. The minimum absolute atomic E-state index is 0.217. The number of benzene rings is 3. The van der Waals surface area contributed by atoms with Crippen molar-refractivity contribution in [1.29, 1.82) is 0 Å². The predicted molar refractivity (Wildman–Crippen MR) is 136 cm³/mol. The summed E-state index contributed by atoms with van der Waals surface area (Å²) in [7, 11) is -0.217. The average molecular weight is 442 g/mol. The van der Waals surface area contributed by atoms with Gasteiger partial charge in [0.15, 0.2) is 14.3 Å². The summed E-state index contributed by atoms with van der Waals surface area (Å²) in [5, 5.41) is 2.58. The van der Waals surface area contributed by atoms with Gasteiger partial charge in [0, 0.05) is 33.2 Å². The van der Waals surface area contributed by atoms with E-state index in [9.17, 15) is 4.79 Å². The second-order valence-electron chi connectivity index (χ2n) is 9.33. The molecule has 0 amide bonds. The lowest BCUT2D eigenvalue weighted by Crippen LogP contribution is -2.36. The molecule has 0 saturated heterocycles. The summed E-state index contributed by atoms with van der Waals surface area (Å²) in [6, 6.07) is 25.2. The number of allylic oxidation sites excluding steroid dienone is 1. The van der Waals surface area contributed by atoms with Crippen LogP contribution in [0.2, 0.25) is 0 Å². The van der Waals surface area contributed by atoms with Gasteiger partial charge in [-0.1, -0.05) is 42.0 Å². The first-order chi connectivity index (χ1) is 15.4. The van der Waals surface area contributed by atoms with Gasteiger partial charge in [-0.3, -0.25) is 0 Å². The van der Waals surface area contributed by atoms with Crippen molar-refractivity contribution in [2.24, 2.45) is 5.92 Å². The summed E-state index contributed by atoms with van der Waals surface area (Å²) in [5.41, 5.74) is 1.50. The van der Waals surface area contributed by atoms with Crippen molar-refractivity contribution >= 4 is 36.6 Å². The first kappa shape index (κ1) is 21.0. The number of hydrogen-bond acceptors (Lipinski definition) is 2. The van der Waals surface area contributed by atoms with E-state index in [4.69, 9.17) is 4.74 Å². The van der Waals surface area contributed by atoms with Crippen molar-refractivity contribution < 1.29 is 9.53 Å². The quantitative estimate of drug-likeness (QED) is 0.180. The Kier molecular flexibility index (Phi) is 5.38. The molecule has 0 radical (unpaired) electrons. The van der Waals surface area contributed by atoms with Gasteiger partial charge in [0.1, 0.15) is 5.60 Å². The molecule has 5 rings (SSSR count). The summed E-state index contributed by atoms with van der Waals surface area (Å²) >= 11 is 0. The van der Waals surface area contributed by atoms with Gasteiger partial charge in [-0.2, -0.15) is 0 Å². The van der Waals surface area contributed by atoms with Gasteiger partial charge in [0.2, 0.25) is 0 Å². The van der Waals surface area contributed by atoms with E-state index in [1.54, 1.807) is 0 Å². The molecule has 1 aliphatic rings. The third-order valence-electron chi connectivity index (χ3n) is 6.63. The fourth-order valence-electron chi connectivity index (χ4n) is 4.89. The van der Waals surface area contributed by atoms with E-state index < -0.39 is 5.60 Å². The molecular weight excluding hydrogens is 412 g/mol. The highest BCUT2D eigenvalue weighted by Crippen LogP contribution is 2.48. The predicted octanol–water partition coefficient (Wildman–Crippen LogP) is 8.41. The minimum Gasteiger partial charge on any atom is -0.455 e. The van der Waals surface area contributed by atoms with Crippen LogP contribution in [0.1, 0.15) is 50.4 Å². The Morgan fingerprint density at radius 3 is 2.25 bits per heavy atom. The fourth-order valence-corrected chi connectivity index (χ4v) is 7.32. The SMILES string of the molecule is CC1=CC(C(C)(C)OC(=O)c2cccc(-[s+]3c4ccccc4c4ccccc43)c2)CCC1. The monoisotopic (exact) mass is 441 g/mol. The molecule has 3 heteroatoms. The number of thiophene rings is 1.